The van der Waals surface area contributed by atoms with Crippen molar-refractivity contribution in [2.45, 2.75) is 80.7 Å². The third kappa shape index (κ3) is 11.2. The van der Waals surface area contributed by atoms with Gasteiger partial charge in [0.15, 0.2) is 12.2 Å². The Kier molecular flexibility index (Phi) is 15.6. The summed E-state index contributed by atoms with van der Waals surface area (Å²) in [5.74, 6) is -1.74. The molecule has 59 heavy (non-hydrogen) atoms. The predicted molar refractivity (Wildman–Crippen MR) is 199 cm³/mol. The van der Waals surface area contributed by atoms with Crippen molar-refractivity contribution in [3.05, 3.63) is 89.5 Å². The van der Waals surface area contributed by atoms with E-state index in [2.05, 4.69) is 0 Å². The van der Waals surface area contributed by atoms with Gasteiger partial charge in [-0.1, -0.05) is 7.43 Å². The van der Waals surface area contributed by atoms with E-state index in [1.807, 2.05) is 0 Å². The number of hydrogen-bond donors (Lipinski definition) is 8. The normalized spacial score (nSPS) is 31.9. The molecule has 9 rings (SSSR count). The van der Waals surface area contributed by atoms with Gasteiger partial charge >= 0.3 is 17.9 Å². The van der Waals surface area contributed by atoms with E-state index in [-0.39, 0.29) is 82.1 Å². The zero-order valence-corrected chi connectivity index (χ0v) is 30.7. The lowest BCUT2D eigenvalue weighted by atomic mass is 10.1. The zero-order chi connectivity index (χ0) is 41.5. The molecule has 19 nitrogen and oxygen atoms in total. The Morgan fingerprint density at radius 1 is 0.424 bits per heavy atom. The largest absolute Gasteiger partial charge is 0.508 e. The summed E-state index contributed by atoms with van der Waals surface area (Å²) in [7, 11) is 0. The minimum Gasteiger partial charge on any atom is -0.508 e. The van der Waals surface area contributed by atoms with Crippen molar-refractivity contribution in [1.29, 1.82) is 0 Å². The lowest BCUT2D eigenvalue weighted by Crippen LogP contribution is -2.34. The van der Waals surface area contributed by atoms with Gasteiger partial charge in [-0.2, -0.15) is 0 Å². The van der Waals surface area contributed by atoms with Crippen LogP contribution in [-0.4, -0.2) is 172 Å². The average Bonchev–Trinajstić information content (AvgIpc) is 4.07. The van der Waals surface area contributed by atoms with Crippen LogP contribution in [0.5, 0.6) is 17.2 Å². The molecule has 8 N–H and O–H groups in total. The third-order valence-electron chi connectivity index (χ3n) is 9.80. The molecule has 3 aromatic carbocycles. The number of ether oxygens (including phenoxy) is 8. The van der Waals surface area contributed by atoms with E-state index in [9.17, 15) is 24.6 Å². The van der Waals surface area contributed by atoms with E-state index in [0.717, 1.165) is 0 Å². The number of fused-ring (bicyclic) bond motifs is 3. The highest BCUT2D eigenvalue weighted by molar-refractivity contribution is 5.90. The molecule has 6 fully saturated rings. The van der Waals surface area contributed by atoms with Crippen LogP contribution in [0.3, 0.4) is 0 Å². The summed E-state index contributed by atoms with van der Waals surface area (Å²) >= 11 is 0. The van der Waals surface area contributed by atoms with Gasteiger partial charge in [-0.05, 0) is 72.8 Å². The van der Waals surface area contributed by atoms with Crippen molar-refractivity contribution in [3.63, 3.8) is 0 Å². The fourth-order valence-corrected chi connectivity index (χ4v) is 6.76. The summed E-state index contributed by atoms with van der Waals surface area (Å²) in [6.07, 6.45) is -5.70. The molecule has 0 bridgehead atoms. The van der Waals surface area contributed by atoms with Gasteiger partial charge in [0.05, 0.1) is 56.3 Å². The van der Waals surface area contributed by atoms with Crippen LogP contribution in [0.25, 0.3) is 0 Å². The highest BCUT2D eigenvalue weighted by Crippen LogP contribution is 2.31. The highest BCUT2D eigenvalue weighted by Gasteiger charge is 2.50. The van der Waals surface area contributed by atoms with E-state index in [1.54, 1.807) is 0 Å². The molecule has 0 spiro atoms. The second-order valence-corrected chi connectivity index (χ2v) is 13.9. The van der Waals surface area contributed by atoms with Gasteiger partial charge in [-0.3, -0.25) is 0 Å². The molecule has 0 aliphatic carbocycles. The molecule has 0 radical (unpaired) electrons. The van der Waals surface area contributed by atoms with Gasteiger partial charge in [0, 0.05) is 0 Å². The Labute approximate surface area is 337 Å². The van der Waals surface area contributed by atoms with E-state index < -0.39 is 78.9 Å². The predicted octanol–water partition coefficient (Wildman–Crippen LogP) is 0.385. The maximum atomic E-state index is 11.9. The van der Waals surface area contributed by atoms with Crippen LogP contribution in [-0.2, 0) is 37.9 Å². The van der Waals surface area contributed by atoms with Gasteiger partial charge in [-0.15, -0.1) is 0 Å². The number of benzene rings is 3. The van der Waals surface area contributed by atoms with Crippen LogP contribution in [0.4, 0.5) is 0 Å². The molecule has 6 saturated heterocycles. The summed E-state index contributed by atoms with van der Waals surface area (Å²) in [5.41, 5.74) is 0.873. The number of hydrogen-bond acceptors (Lipinski definition) is 18. The molecule has 322 valence electrons. The number of rotatable bonds is 5. The van der Waals surface area contributed by atoms with Crippen LogP contribution in [0.1, 0.15) is 38.5 Å². The number of phenolic OH excluding ortho intramolecular Hbond substituents is 3. The Hall–Kier alpha value is -4.93. The first-order valence-electron chi connectivity index (χ1n) is 18.2. The number of aliphatic hydroxyl groups is 4. The second-order valence-electron chi connectivity index (χ2n) is 13.9. The smallest absolute Gasteiger partial charge is 0.338 e. The standard InChI is InChI=1S/2C13H14O6.C7H6O3.C6H10O4.CH4/c2*14-8-3-1-7(2-4-8)13(16)19-10-6-18-11-9(15)5-17-12(10)11;8-6-3-1-5(2-4-6)7(9)10;7-3-1-9-6-4(8)2-10-5(3)6;/h2*1-4,9-12,14-15H,5-6H2;1-4,8H,(H,9,10);3-8H,1-2H2;1H4/t9-,10+,11+,12+;9-,10+,11-,12-;;3-,4+,5-,6-;/m01.1./s1. The van der Waals surface area contributed by atoms with E-state index in [1.165, 1.54) is 72.8 Å². The van der Waals surface area contributed by atoms with Gasteiger partial charge in [0.1, 0.15) is 78.3 Å². The fraction of sp³-hybridized carbons (Fsp3) is 0.475. The number of carboxylic acids is 1. The molecule has 0 aromatic heterocycles. The number of carbonyl (C=O) groups excluding carboxylic acids is 2. The van der Waals surface area contributed by atoms with Crippen molar-refractivity contribution >= 4 is 17.9 Å². The molecule has 6 aliphatic rings. The first-order valence-corrected chi connectivity index (χ1v) is 18.2. The lowest BCUT2D eigenvalue weighted by Gasteiger charge is -2.16. The quantitative estimate of drug-likeness (QED) is 0.161. The number of carbonyl (C=O) groups is 3. The Morgan fingerprint density at radius 2 is 0.678 bits per heavy atom. The van der Waals surface area contributed by atoms with Crippen LogP contribution in [0, 0.1) is 0 Å². The monoisotopic (exact) mass is 832 g/mol. The van der Waals surface area contributed by atoms with Crippen molar-refractivity contribution in [2.75, 3.05) is 39.6 Å². The molecule has 0 saturated carbocycles. The maximum absolute atomic E-state index is 11.9. The Morgan fingerprint density at radius 3 is 0.983 bits per heavy atom. The minimum atomic E-state index is -0.986. The van der Waals surface area contributed by atoms with Gasteiger partial charge in [0.25, 0.3) is 0 Å². The Bertz CT molecular complexity index is 1720. The number of aromatic hydroxyl groups is 3. The lowest BCUT2D eigenvalue weighted by molar-refractivity contribution is -0.0212. The summed E-state index contributed by atoms with van der Waals surface area (Å²) in [4.78, 5) is 34.0. The zero-order valence-electron chi connectivity index (χ0n) is 30.7. The molecule has 0 amide bonds. The van der Waals surface area contributed by atoms with Crippen LogP contribution < -0.4 is 0 Å². The van der Waals surface area contributed by atoms with Crippen molar-refractivity contribution in [1.82, 2.24) is 0 Å². The first kappa shape index (κ1) is 45.2. The SMILES string of the molecule is C.O=C(O)c1ccc(O)cc1.O=C(O[C@@H]1CO[C@H]2[C@@H]1OC[C@@H]2O)c1ccc(O)cc1.O=C(O[C@H]1CO[C@H]2[C@@H]1OC[C@H]2O)c1ccc(O)cc1.O[C@@H]1CO[C@H]2[C@@H]1OC[C@@H]2O. The molecule has 0 unspecified atom stereocenters. The van der Waals surface area contributed by atoms with Crippen LogP contribution in [0.2, 0.25) is 0 Å². The van der Waals surface area contributed by atoms with Crippen molar-refractivity contribution in [2.24, 2.45) is 0 Å². The maximum Gasteiger partial charge on any atom is 0.338 e. The number of esters is 2. The summed E-state index contributed by atoms with van der Waals surface area (Å²) < 4.78 is 42.3. The highest BCUT2D eigenvalue weighted by atomic mass is 16.7. The molecular weight excluding hydrogens is 784 g/mol. The molecule has 6 aliphatic heterocycles. The van der Waals surface area contributed by atoms with Gasteiger partial charge < -0.3 is 78.7 Å². The molecule has 19 heteroatoms. The van der Waals surface area contributed by atoms with E-state index in [0.29, 0.717) is 11.1 Å². The number of aromatic carboxylic acids is 1. The number of aliphatic hydroxyl groups excluding tert-OH is 4. The number of phenols is 3. The Balaban J connectivity index is 0.000000155. The summed E-state index contributed by atoms with van der Waals surface area (Å²) in [6.45, 7) is 1.40. The summed E-state index contributed by atoms with van der Waals surface area (Å²) in [5, 5.41) is 72.9. The van der Waals surface area contributed by atoms with Gasteiger partial charge in [-0.25, -0.2) is 14.4 Å². The summed E-state index contributed by atoms with van der Waals surface area (Å²) in [6, 6.07) is 17.0. The van der Waals surface area contributed by atoms with Crippen molar-refractivity contribution < 1.29 is 93.1 Å². The second kappa shape index (κ2) is 20.4. The van der Waals surface area contributed by atoms with E-state index in [4.69, 9.17) is 68.5 Å². The average molecular weight is 833 g/mol. The molecule has 6 heterocycles. The third-order valence-corrected chi connectivity index (χ3v) is 9.80. The molecule has 12 atom stereocenters. The topological polar surface area (TPSA) is 287 Å². The molecular formula is C40H48O19. The fourth-order valence-electron chi connectivity index (χ4n) is 6.76. The van der Waals surface area contributed by atoms with Crippen LogP contribution in [0.15, 0.2) is 72.8 Å². The van der Waals surface area contributed by atoms with Gasteiger partial charge in [0.2, 0.25) is 0 Å². The first-order chi connectivity index (χ1) is 27.8. The number of carboxylic acid groups (broad SMARTS) is 1. The van der Waals surface area contributed by atoms with Crippen molar-refractivity contribution in [3.8, 4) is 17.2 Å². The van der Waals surface area contributed by atoms with E-state index >= 15 is 0 Å². The molecule has 3 aromatic rings. The minimum absolute atomic E-state index is 0. The van der Waals surface area contributed by atoms with Crippen LogP contribution >= 0.6 is 0 Å².